The minimum atomic E-state index is -3.65. The van der Waals surface area contributed by atoms with Crippen LogP contribution in [-0.4, -0.2) is 81.8 Å². The van der Waals surface area contributed by atoms with Crippen LogP contribution in [0.2, 0.25) is 0 Å². The fourth-order valence-corrected chi connectivity index (χ4v) is 5.84. The van der Waals surface area contributed by atoms with Gasteiger partial charge >= 0.3 is 6.09 Å². The van der Waals surface area contributed by atoms with E-state index in [2.05, 4.69) is 25.3 Å². The number of aromatic nitrogens is 4. The van der Waals surface area contributed by atoms with E-state index in [4.69, 9.17) is 0 Å². The first kappa shape index (κ1) is 25.5. The first-order valence-corrected chi connectivity index (χ1v) is 13.4. The monoisotopic (exact) mass is 511 g/mol. The van der Waals surface area contributed by atoms with Gasteiger partial charge in [0.05, 0.1) is 11.4 Å². The third kappa shape index (κ3) is 6.95. The predicted octanol–water partition coefficient (Wildman–Crippen LogP) is 2.04. The molecule has 0 spiro atoms. The summed E-state index contributed by atoms with van der Waals surface area (Å²) in [4.78, 5) is 30.5. The Morgan fingerprint density at radius 3 is 2.36 bits per heavy atom. The second-order valence-corrected chi connectivity index (χ2v) is 10.5. The molecule has 3 aromatic heterocycles. The van der Waals surface area contributed by atoms with Crippen LogP contribution in [0.3, 0.4) is 0 Å². The van der Waals surface area contributed by atoms with Crippen molar-refractivity contribution in [1.29, 1.82) is 0 Å². The summed E-state index contributed by atoms with van der Waals surface area (Å²) in [5.74, 6) is 1.14. The fourth-order valence-electron chi connectivity index (χ4n) is 4.15. The van der Waals surface area contributed by atoms with Gasteiger partial charge in [-0.1, -0.05) is 6.07 Å². The molecule has 1 fully saturated rings. The van der Waals surface area contributed by atoms with E-state index in [0.29, 0.717) is 51.3 Å². The van der Waals surface area contributed by atoms with E-state index >= 15 is 0 Å². The summed E-state index contributed by atoms with van der Waals surface area (Å²) in [6.45, 7) is 1.61. The molecule has 0 aliphatic carbocycles. The molecule has 0 radical (unpaired) electrons. The summed E-state index contributed by atoms with van der Waals surface area (Å²) in [5.41, 5.74) is 1.75. The zero-order chi connectivity index (χ0) is 25.4. The molecule has 0 bridgehead atoms. The van der Waals surface area contributed by atoms with Crippen molar-refractivity contribution in [2.75, 3.05) is 36.8 Å². The highest BCUT2D eigenvalue weighted by atomic mass is 32.2. The van der Waals surface area contributed by atoms with Crippen molar-refractivity contribution in [3.05, 3.63) is 67.0 Å². The summed E-state index contributed by atoms with van der Waals surface area (Å²) < 4.78 is 27.6. The number of sulfonamides is 1. The summed E-state index contributed by atoms with van der Waals surface area (Å²) in [6.07, 6.45) is 7.03. The molecule has 1 aliphatic rings. The van der Waals surface area contributed by atoms with Crippen LogP contribution < -0.4 is 10.2 Å². The lowest BCUT2D eigenvalue weighted by atomic mass is 10.1. The first-order chi connectivity index (χ1) is 17.4. The van der Waals surface area contributed by atoms with Crippen molar-refractivity contribution in [1.82, 2.24) is 29.6 Å². The number of amides is 1. The molecule has 0 saturated carbocycles. The molecule has 1 aliphatic heterocycles. The lowest BCUT2D eigenvalue weighted by Gasteiger charge is -2.35. The molecule has 3 aromatic rings. The van der Waals surface area contributed by atoms with Crippen LogP contribution in [0.1, 0.15) is 18.7 Å². The van der Waals surface area contributed by atoms with Gasteiger partial charge in [0.1, 0.15) is 11.6 Å². The normalized spacial score (nSPS) is 15.4. The van der Waals surface area contributed by atoms with E-state index < -0.39 is 22.2 Å². The van der Waals surface area contributed by atoms with E-state index in [1.807, 2.05) is 35.2 Å². The van der Waals surface area contributed by atoms with Gasteiger partial charge in [0.15, 0.2) is 0 Å². The summed E-state index contributed by atoms with van der Waals surface area (Å²) in [6, 6.07) is 10.6. The second kappa shape index (κ2) is 11.9. The highest BCUT2D eigenvalue weighted by Crippen LogP contribution is 2.21. The van der Waals surface area contributed by atoms with Crippen molar-refractivity contribution < 1.29 is 18.3 Å². The largest absolute Gasteiger partial charge is 0.465 e. The Balaban J connectivity index is 1.31. The molecule has 190 valence electrons. The van der Waals surface area contributed by atoms with Gasteiger partial charge in [-0.05, 0) is 43.2 Å². The molecule has 1 amide bonds. The molecule has 36 heavy (non-hydrogen) atoms. The lowest BCUT2D eigenvalue weighted by molar-refractivity contribution is 0.190. The highest BCUT2D eigenvalue weighted by Gasteiger charge is 2.30. The summed E-state index contributed by atoms with van der Waals surface area (Å²) >= 11 is 0. The van der Waals surface area contributed by atoms with Crippen molar-refractivity contribution in [2.45, 2.75) is 25.3 Å². The van der Waals surface area contributed by atoms with Crippen LogP contribution in [0.25, 0.3) is 11.3 Å². The second-order valence-electron chi connectivity index (χ2n) is 8.49. The SMILES string of the molecule is O=C(O)NC(CCCc1ncccn1)CS(=O)(=O)N1CCN(c2ccc(-c3ccccn3)cn2)CC1. The Hall–Kier alpha value is -3.64. The topological polar surface area (TPSA) is 142 Å². The molecule has 11 nitrogen and oxygen atoms in total. The quantitative estimate of drug-likeness (QED) is 0.418. The zero-order valence-electron chi connectivity index (χ0n) is 19.8. The minimum Gasteiger partial charge on any atom is -0.465 e. The predicted molar refractivity (Wildman–Crippen MR) is 135 cm³/mol. The third-order valence-corrected chi connectivity index (χ3v) is 7.95. The summed E-state index contributed by atoms with van der Waals surface area (Å²) in [5, 5.41) is 11.6. The Labute approximate surface area is 210 Å². The number of anilines is 1. The smallest absolute Gasteiger partial charge is 0.404 e. The molecule has 4 heterocycles. The Morgan fingerprint density at radius 1 is 0.972 bits per heavy atom. The van der Waals surface area contributed by atoms with Crippen molar-refractivity contribution >= 4 is 21.9 Å². The van der Waals surface area contributed by atoms with Crippen LogP contribution >= 0.6 is 0 Å². The van der Waals surface area contributed by atoms with Gasteiger partial charge in [-0.3, -0.25) is 4.98 Å². The Kier molecular flexibility index (Phi) is 8.39. The van der Waals surface area contributed by atoms with Gasteiger partial charge in [-0.15, -0.1) is 0 Å². The molecule has 0 aromatic carbocycles. The molecule has 12 heteroatoms. The average Bonchev–Trinajstić information content (AvgIpc) is 2.89. The van der Waals surface area contributed by atoms with E-state index in [0.717, 1.165) is 17.1 Å². The molecule has 1 saturated heterocycles. The first-order valence-electron chi connectivity index (χ1n) is 11.8. The van der Waals surface area contributed by atoms with Gasteiger partial charge in [0.2, 0.25) is 10.0 Å². The van der Waals surface area contributed by atoms with Gasteiger partial charge in [0, 0.05) is 69.0 Å². The fraction of sp³-hybridized carbons (Fsp3) is 0.375. The van der Waals surface area contributed by atoms with Crippen LogP contribution in [0, 0.1) is 0 Å². The van der Waals surface area contributed by atoms with Crippen molar-refractivity contribution in [3.8, 4) is 11.3 Å². The Morgan fingerprint density at radius 2 is 1.72 bits per heavy atom. The number of nitrogens with zero attached hydrogens (tertiary/aromatic N) is 6. The van der Waals surface area contributed by atoms with E-state index in [1.54, 1.807) is 30.9 Å². The maximum absolute atomic E-state index is 13.1. The molecule has 1 atom stereocenters. The zero-order valence-corrected chi connectivity index (χ0v) is 20.6. The van der Waals surface area contributed by atoms with E-state index in [9.17, 15) is 18.3 Å². The summed E-state index contributed by atoms with van der Waals surface area (Å²) in [7, 11) is -3.65. The van der Waals surface area contributed by atoms with E-state index in [1.165, 1.54) is 4.31 Å². The number of pyridine rings is 2. The number of hydrogen-bond donors (Lipinski definition) is 2. The maximum atomic E-state index is 13.1. The molecule has 2 N–H and O–H groups in total. The molecule has 1 unspecified atom stereocenters. The highest BCUT2D eigenvalue weighted by molar-refractivity contribution is 7.89. The molecular formula is C24H29N7O4S. The molecule has 4 rings (SSSR count). The number of carbonyl (C=O) groups is 1. The van der Waals surface area contributed by atoms with Gasteiger partial charge < -0.3 is 15.3 Å². The van der Waals surface area contributed by atoms with E-state index in [-0.39, 0.29) is 5.75 Å². The number of carboxylic acid groups (broad SMARTS) is 1. The minimum absolute atomic E-state index is 0.286. The lowest BCUT2D eigenvalue weighted by Crippen LogP contribution is -2.51. The van der Waals surface area contributed by atoms with Crippen LogP contribution in [0.15, 0.2) is 61.2 Å². The number of nitrogens with one attached hydrogen (secondary N) is 1. The van der Waals surface area contributed by atoms with Crippen molar-refractivity contribution in [3.63, 3.8) is 0 Å². The third-order valence-electron chi connectivity index (χ3n) is 5.98. The number of piperazine rings is 1. The molecular weight excluding hydrogens is 482 g/mol. The number of hydrogen-bond acceptors (Lipinski definition) is 8. The van der Waals surface area contributed by atoms with Crippen LogP contribution in [-0.2, 0) is 16.4 Å². The van der Waals surface area contributed by atoms with Crippen molar-refractivity contribution in [2.24, 2.45) is 0 Å². The van der Waals surface area contributed by atoms with Gasteiger partial charge in [0.25, 0.3) is 0 Å². The van der Waals surface area contributed by atoms with Gasteiger partial charge in [-0.2, -0.15) is 4.31 Å². The average molecular weight is 512 g/mol. The van der Waals surface area contributed by atoms with Crippen LogP contribution in [0.5, 0.6) is 0 Å². The number of rotatable bonds is 10. The van der Waals surface area contributed by atoms with Gasteiger partial charge in [-0.25, -0.2) is 28.2 Å². The standard InChI is InChI=1S/C24H29N7O4S/c32-24(33)29-20(5-3-7-22-26-11-4-12-27-22)18-36(34,35)31-15-13-30(14-16-31)23-9-8-19(17-28-23)21-6-1-2-10-25-21/h1-2,4,6,8-12,17,20,29H,3,5,7,13-16,18H2,(H,32,33). The van der Waals surface area contributed by atoms with Crippen LogP contribution in [0.4, 0.5) is 10.6 Å². The Bertz CT molecular complexity index is 1220. The maximum Gasteiger partial charge on any atom is 0.404 e. The number of aryl methyl sites for hydroxylation is 1.